The number of benzene rings is 1. The van der Waals surface area contributed by atoms with E-state index in [1.807, 2.05) is 6.07 Å². The van der Waals surface area contributed by atoms with Crippen LogP contribution < -0.4 is 10.1 Å². The fraction of sp³-hybridized carbons (Fsp3) is 0.625. The molecule has 0 aliphatic heterocycles. The third-order valence-electron chi connectivity index (χ3n) is 3.36. The van der Waals surface area contributed by atoms with E-state index in [9.17, 15) is 4.39 Å². The number of ether oxygens (including phenoxy) is 1. The third-order valence-corrected chi connectivity index (χ3v) is 3.36. The van der Waals surface area contributed by atoms with E-state index in [4.69, 9.17) is 4.74 Å². The lowest BCUT2D eigenvalue weighted by atomic mass is 10.1. The molecule has 0 spiro atoms. The van der Waals surface area contributed by atoms with E-state index in [1.54, 1.807) is 0 Å². The number of hydrogen-bond donors (Lipinski definition) is 1. The van der Waals surface area contributed by atoms with Gasteiger partial charge in [0.25, 0.3) is 0 Å². The maximum absolute atomic E-state index is 13.4. The van der Waals surface area contributed by atoms with E-state index in [0.717, 1.165) is 24.9 Å². The van der Waals surface area contributed by atoms with E-state index in [1.165, 1.54) is 12.1 Å². The molecule has 0 aliphatic carbocycles. The van der Waals surface area contributed by atoms with Crippen LogP contribution in [-0.2, 0) is 0 Å². The molecule has 0 bridgehead atoms. The van der Waals surface area contributed by atoms with Crippen molar-refractivity contribution in [3.05, 3.63) is 29.6 Å². The molecule has 0 aliphatic rings. The minimum atomic E-state index is -0.245. The number of hydrogen-bond acceptors (Lipinski definition) is 2. The Morgan fingerprint density at radius 2 is 2.00 bits per heavy atom. The van der Waals surface area contributed by atoms with Crippen molar-refractivity contribution in [2.24, 2.45) is 5.92 Å². The second-order valence-electron chi connectivity index (χ2n) is 5.18. The summed E-state index contributed by atoms with van der Waals surface area (Å²) >= 11 is 0. The topological polar surface area (TPSA) is 21.3 Å². The van der Waals surface area contributed by atoms with Crippen LogP contribution in [0.3, 0.4) is 0 Å². The quantitative estimate of drug-likeness (QED) is 0.757. The van der Waals surface area contributed by atoms with Crippen molar-refractivity contribution in [2.45, 2.75) is 46.6 Å². The predicted octanol–water partition coefficient (Wildman–Crippen LogP) is 4.31. The Kier molecular flexibility index (Phi) is 6.85. The highest BCUT2D eigenvalue weighted by Crippen LogP contribution is 2.26. The van der Waals surface area contributed by atoms with Crippen LogP contribution in [0.25, 0.3) is 0 Å². The standard InChI is InChI=1S/C16H26FNO/c1-5-9-18-13(4)15-8-7-14(17)10-16(15)19-11-12(3)6-2/h7-8,10,12-13,18H,5-6,9,11H2,1-4H3. The van der Waals surface area contributed by atoms with Gasteiger partial charge >= 0.3 is 0 Å². The van der Waals surface area contributed by atoms with Crippen molar-refractivity contribution in [3.63, 3.8) is 0 Å². The van der Waals surface area contributed by atoms with Crippen LogP contribution in [0.1, 0.15) is 52.1 Å². The molecule has 0 amide bonds. The molecule has 2 unspecified atom stereocenters. The number of halogens is 1. The number of nitrogens with one attached hydrogen (secondary N) is 1. The molecule has 1 rings (SSSR count). The summed E-state index contributed by atoms with van der Waals surface area (Å²) in [4.78, 5) is 0. The molecule has 0 heterocycles. The second-order valence-corrected chi connectivity index (χ2v) is 5.18. The van der Waals surface area contributed by atoms with Crippen molar-refractivity contribution in [2.75, 3.05) is 13.2 Å². The van der Waals surface area contributed by atoms with Gasteiger partial charge in [-0.25, -0.2) is 4.39 Å². The minimum Gasteiger partial charge on any atom is -0.493 e. The molecular weight excluding hydrogens is 241 g/mol. The van der Waals surface area contributed by atoms with Gasteiger partial charge in [0, 0.05) is 17.7 Å². The molecule has 1 aromatic rings. The van der Waals surface area contributed by atoms with E-state index < -0.39 is 0 Å². The van der Waals surface area contributed by atoms with E-state index >= 15 is 0 Å². The molecular formula is C16H26FNO. The first-order valence-electron chi connectivity index (χ1n) is 7.24. The van der Waals surface area contributed by atoms with Gasteiger partial charge in [0.1, 0.15) is 11.6 Å². The van der Waals surface area contributed by atoms with Crippen LogP contribution in [0.15, 0.2) is 18.2 Å². The Morgan fingerprint density at radius 1 is 1.26 bits per heavy atom. The summed E-state index contributed by atoms with van der Waals surface area (Å²) < 4.78 is 19.2. The van der Waals surface area contributed by atoms with Gasteiger partial charge in [0.2, 0.25) is 0 Å². The zero-order valence-electron chi connectivity index (χ0n) is 12.5. The largest absolute Gasteiger partial charge is 0.493 e. The van der Waals surface area contributed by atoms with Gasteiger partial charge in [-0.1, -0.05) is 33.3 Å². The zero-order valence-corrected chi connectivity index (χ0v) is 12.5. The van der Waals surface area contributed by atoms with Crippen LogP contribution in [0.5, 0.6) is 5.75 Å². The van der Waals surface area contributed by atoms with Crippen LogP contribution in [0.4, 0.5) is 4.39 Å². The minimum absolute atomic E-state index is 0.174. The molecule has 2 atom stereocenters. The maximum Gasteiger partial charge on any atom is 0.126 e. The monoisotopic (exact) mass is 267 g/mol. The van der Waals surface area contributed by atoms with Crippen molar-refractivity contribution in [1.82, 2.24) is 5.32 Å². The molecule has 2 nitrogen and oxygen atoms in total. The molecule has 0 aromatic heterocycles. The van der Waals surface area contributed by atoms with E-state index in [0.29, 0.717) is 18.3 Å². The first-order valence-corrected chi connectivity index (χ1v) is 7.24. The molecule has 3 heteroatoms. The molecule has 1 N–H and O–H groups in total. The SMILES string of the molecule is CCCNC(C)c1ccc(F)cc1OCC(C)CC. The highest BCUT2D eigenvalue weighted by molar-refractivity contribution is 5.36. The first kappa shape index (κ1) is 16.0. The Balaban J connectivity index is 2.78. The van der Waals surface area contributed by atoms with E-state index in [2.05, 4.69) is 33.0 Å². The summed E-state index contributed by atoms with van der Waals surface area (Å²) in [6.07, 6.45) is 2.14. The highest BCUT2D eigenvalue weighted by atomic mass is 19.1. The lowest BCUT2D eigenvalue weighted by Gasteiger charge is -2.19. The maximum atomic E-state index is 13.4. The molecule has 1 aromatic carbocycles. The van der Waals surface area contributed by atoms with Gasteiger partial charge in [-0.3, -0.25) is 0 Å². The average molecular weight is 267 g/mol. The van der Waals surface area contributed by atoms with E-state index in [-0.39, 0.29) is 11.9 Å². The Labute approximate surface area is 116 Å². The van der Waals surface area contributed by atoms with Crippen molar-refractivity contribution in [3.8, 4) is 5.75 Å². The summed E-state index contributed by atoms with van der Waals surface area (Å²) in [5, 5.41) is 3.41. The van der Waals surface area contributed by atoms with Gasteiger partial charge in [0.15, 0.2) is 0 Å². The van der Waals surface area contributed by atoms with Crippen LogP contribution >= 0.6 is 0 Å². The van der Waals surface area contributed by atoms with Gasteiger partial charge in [-0.05, 0) is 31.9 Å². The Bertz CT molecular complexity index is 381. The first-order chi connectivity index (χ1) is 9.08. The fourth-order valence-corrected chi connectivity index (χ4v) is 1.81. The smallest absolute Gasteiger partial charge is 0.126 e. The summed E-state index contributed by atoms with van der Waals surface area (Å²) in [7, 11) is 0. The Hall–Kier alpha value is -1.09. The molecule has 19 heavy (non-hydrogen) atoms. The normalized spacial score (nSPS) is 14.2. The van der Waals surface area contributed by atoms with Gasteiger partial charge < -0.3 is 10.1 Å². The highest BCUT2D eigenvalue weighted by Gasteiger charge is 2.13. The Morgan fingerprint density at radius 3 is 2.63 bits per heavy atom. The average Bonchev–Trinajstić information content (AvgIpc) is 2.42. The van der Waals surface area contributed by atoms with Crippen molar-refractivity contribution < 1.29 is 9.13 Å². The van der Waals surface area contributed by atoms with Gasteiger partial charge in [-0.2, -0.15) is 0 Å². The van der Waals surface area contributed by atoms with Crippen molar-refractivity contribution >= 4 is 0 Å². The lowest BCUT2D eigenvalue weighted by Crippen LogP contribution is -2.20. The lowest BCUT2D eigenvalue weighted by molar-refractivity contribution is 0.251. The molecule has 0 saturated carbocycles. The number of rotatable bonds is 8. The summed E-state index contributed by atoms with van der Waals surface area (Å²) in [6.45, 7) is 10.1. The zero-order chi connectivity index (χ0) is 14.3. The van der Waals surface area contributed by atoms with Gasteiger partial charge in [0.05, 0.1) is 6.61 Å². The van der Waals surface area contributed by atoms with Crippen LogP contribution in [-0.4, -0.2) is 13.2 Å². The van der Waals surface area contributed by atoms with Crippen molar-refractivity contribution in [1.29, 1.82) is 0 Å². The van der Waals surface area contributed by atoms with Gasteiger partial charge in [-0.15, -0.1) is 0 Å². The molecule has 108 valence electrons. The van der Waals surface area contributed by atoms with Crippen LogP contribution in [0.2, 0.25) is 0 Å². The summed E-state index contributed by atoms with van der Waals surface area (Å²) in [5.74, 6) is 0.900. The third kappa shape index (κ3) is 5.19. The predicted molar refractivity (Wildman–Crippen MR) is 78.1 cm³/mol. The summed E-state index contributed by atoms with van der Waals surface area (Å²) in [6, 6.07) is 4.97. The van der Waals surface area contributed by atoms with Crippen LogP contribution in [0, 0.1) is 11.7 Å². The second kappa shape index (κ2) is 8.16. The summed E-state index contributed by atoms with van der Waals surface area (Å²) in [5.41, 5.74) is 1.03. The molecule has 0 fully saturated rings. The molecule has 0 saturated heterocycles. The fourth-order valence-electron chi connectivity index (χ4n) is 1.81. The molecule has 0 radical (unpaired) electrons.